The number of rotatable bonds is 4. The zero-order chi connectivity index (χ0) is 12.8. The van der Waals surface area contributed by atoms with Crippen LogP contribution in [0.2, 0.25) is 0 Å². The SMILES string of the molecule is COc1cc(C(N)=O)ccc1NC(=O)CC#N. The van der Waals surface area contributed by atoms with Crippen molar-refractivity contribution in [2.45, 2.75) is 6.42 Å². The van der Waals surface area contributed by atoms with Gasteiger partial charge in [-0.15, -0.1) is 0 Å². The van der Waals surface area contributed by atoms with Crippen molar-refractivity contribution in [2.75, 3.05) is 12.4 Å². The molecule has 88 valence electrons. The van der Waals surface area contributed by atoms with E-state index in [9.17, 15) is 9.59 Å². The molecule has 1 rings (SSSR count). The predicted molar refractivity (Wildman–Crippen MR) is 60.4 cm³/mol. The van der Waals surface area contributed by atoms with E-state index in [1.807, 2.05) is 0 Å². The molecule has 6 heteroatoms. The summed E-state index contributed by atoms with van der Waals surface area (Å²) >= 11 is 0. The third-order valence-electron chi connectivity index (χ3n) is 2.00. The minimum Gasteiger partial charge on any atom is -0.495 e. The van der Waals surface area contributed by atoms with Crippen LogP contribution in [0.4, 0.5) is 5.69 Å². The molecule has 0 spiro atoms. The molecule has 6 nitrogen and oxygen atoms in total. The van der Waals surface area contributed by atoms with Gasteiger partial charge in [-0.1, -0.05) is 0 Å². The fourth-order valence-electron chi connectivity index (χ4n) is 1.21. The van der Waals surface area contributed by atoms with E-state index in [4.69, 9.17) is 15.7 Å². The first-order valence-electron chi connectivity index (χ1n) is 4.73. The standard InChI is InChI=1S/C11H11N3O3/c1-17-9-6-7(11(13)16)2-3-8(9)14-10(15)4-5-12/h2-3,6H,4H2,1H3,(H2,13,16)(H,14,15). The number of carbonyl (C=O) groups is 2. The first-order chi connectivity index (χ1) is 8.08. The molecule has 0 atom stereocenters. The van der Waals surface area contributed by atoms with E-state index in [2.05, 4.69) is 5.32 Å². The van der Waals surface area contributed by atoms with Crippen LogP contribution in [0, 0.1) is 11.3 Å². The summed E-state index contributed by atoms with van der Waals surface area (Å²) < 4.78 is 5.01. The molecule has 0 heterocycles. The van der Waals surface area contributed by atoms with Crippen molar-refractivity contribution in [1.82, 2.24) is 0 Å². The molecule has 1 aromatic carbocycles. The largest absolute Gasteiger partial charge is 0.495 e. The number of benzene rings is 1. The van der Waals surface area contributed by atoms with Crippen LogP contribution in [-0.4, -0.2) is 18.9 Å². The summed E-state index contributed by atoms with van der Waals surface area (Å²) in [7, 11) is 1.40. The van der Waals surface area contributed by atoms with Gasteiger partial charge in [0.2, 0.25) is 11.8 Å². The van der Waals surface area contributed by atoms with Gasteiger partial charge < -0.3 is 15.8 Å². The van der Waals surface area contributed by atoms with Gasteiger partial charge in [0.25, 0.3) is 0 Å². The van der Waals surface area contributed by atoms with Gasteiger partial charge in [0.15, 0.2) is 0 Å². The molecule has 1 aromatic rings. The highest BCUT2D eigenvalue weighted by atomic mass is 16.5. The molecule has 0 radical (unpaired) electrons. The minimum absolute atomic E-state index is 0.249. The predicted octanol–water partition coefficient (Wildman–Crippen LogP) is 0.646. The highest BCUT2D eigenvalue weighted by molar-refractivity contribution is 5.97. The number of hydrogen-bond donors (Lipinski definition) is 2. The Morgan fingerprint density at radius 3 is 2.76 bits per heavy atom. The van der Waals surface area contributed by atoms with Crippen molar-refractivity contribution >= 4 is 17.5 Å². The molecule has 0 aliphatic carbocycles. The van der Waals surface area contributed by atoms with Gasteiger partial charge in [0.1, 0.15) is 12.2 Å². The zero-order valence-corrected chi connectivity index (χ0v) is 9.19. The maximum Gasteiger partial charge on any atom is 0.248 e. The molecule has 2 amide bonds. The number of nitrogens with two attached hydrogens (primary N) is 1. The molecule has 0 saturated carbocycles. The highest BCUT2D eigenvalue weighted by Gasteiger charge is 2.10. The number of methoxy groups -OCH3 is 1. The molecule has 0 fully saturated rings. The molecule has 3 N–H and O–H groups in total. The highest BCUT2D eigenvalue weighted by Crippen LogP contribution is 2.25. The number of amides is 2. The summed E-state index contributed by atoms with van der Waals surface area (Å²) in [6.07, 6.45) is -0.249. The maximum absolute atomic E-state index is 11.2. The van der Waals surface area contributed by atoms with E-state index in [0.29, 0.717) is 11.4 Å². The van der Waals surface area contributed by atoms with Gasteiger partial charge in [0.05, 0.1) is 18.9 Å². The van der Waals surface area contributed by atoms with Gasteiger partial charge in [-0.3, -0.25) is 9.59 Å². The fraction of sp³-hybridized carbons (Fsp3) is 0.182. The molecular formula is C11H11N3O3. The topological polar surface area (TPSA) is 105 Å². The Bertz CT molecular complexity index is 491. The van der Waals surface area contributed by atoms with Crippen LogP contribution in [0.25, 0.3) is 0 Å². The lowest BCUT2D eigenvalue weighted by Crippen LogP contribution is -2.13. The van der Waals surface area contributed by atoms with Crippen molar-refractivity contribution in [3.05, 3.63) is 23.8 Å². The number of anilines is 1. The van der Waals surface area contributed by atoms with Crippen LogP contribution in [0.5, 0.6) is 5.75 Å². The number of ether oxygens (including phenoxy) is 1. The summed E-state index contributed by atoms with van der Waals surface area (Å²) in [5, 5.41) is 10.8. The first kappa shape index (κ1) is 12.5. The van der Waals surface area contributed by atoms with Gasteiger partial charge >= 0.3 is 0 Å². The summed E-state index contributed by atoms with van der Waals surface area (Å²) in [6, 6.07) is 6.11. The summed E-state index contributed by atoms with van der Waals surface area (Å²) in [5.41, 5.74) is 5.78. The van der Waals surface area contributed by atoms with E-state index in [0.717, 1.165) is 0 Å². The zero-order valence-electron chi connectivity index (χ0n) is 9.19. The Morgan fingerprint density at radius 2 is 2.24 bits per heavy atom. The van der Waals surface area contributed by atoms with Crippen molar-refractivity contribution in [1.29, 1.82) is 5.26 Å². The van der Waals surface area contributed by atoms with Crippen LogP contribution < -0.4 is 15.8 Å². The number of nitriles is 1. The minimum atomic E-state index is -0.585. The second-order valence-electron chi connectivity index (χ2n) is 3.16. The number of carbonyl (C=O) groups excluding carboxylic acids is 2. The third kappa shape index (κ3) is 3.21. The Balaban J connectivity index is 2.97. The average Bonchev–Trinajstić information content (AvgIpc) is 2.29. The van der Waals surface area contributed by atoms with E-state index >= 15 is 0 Å². The van der Waals surface area contributed by atoms with Crippen LogP contribution in [0.15, 0.2) is 18.2 Å². The van der Waals surface area contributed by atoms with Crippen LogP contribution in [0.3, 0.4) is 0 Å². The van der Waals surface area contributed by atoms with Gasteiger partial charge in [-0.05, 0) is 18.2 Å². The van der Waals surface area contributed by atoms with E-state index in [1.54, 1.807) is 6.07 Å². The normalized spacial score (nSPS) is 9.18. The molecular weight excluding hydrogens is 222 g/mol. The molecule has 0 aromatic heterocycles. The molecule has 0 unspecified atom stereocenters. The number of primary amides is 1. The summed E-state index contributed by atoms with van der Waals surface area (Å²) in [5.74, 6) is -0.719. The number of hydrogen-bond acceptors (Lipinski definition) is 4. The van der Waals surface area contributed by atoms with Gasteiger partial charge in [-0.25, -0.2) is 0 Å². The van der Waals surface area contributed by atoms with Crippen molar-refractivity contribution in [3.63, 3.8) is 0 Å². The Labute approximate surface area is 98.0 Å². The van der Waals surface area contributed by atoms with E-state index in [1.165, 1.54) is 25.3 Å². The van der Waals surface area contributed by atoms with Crippen molar-refractivity contribution in [3.8, 4) is 11.8 Å². The maximum atomic E-state index is 11.2. The second kappa shape index (κ2) is 5.51. The lowest BCUT2D eigenvalue weighted by atomic mass is 10.1. The fourth-order valence-corrected chi connectivity index (χ4v) is 1.21. The quantitative estimate of drug-likeness (QED) is 0.796. The van der Waals surface area contributed by atoms with Gasteiger partial charge in [-0.2, -0.15) is 5.26 Å². The Morgan fingerprint density at radius 1 is 1.53 bits per heavy atom. The van der Waals surface area contributed by atoms with Crippen molar-refractivity contribution in [2.24, 2.45) is 5.73 Å². The lowest BCUT2D eigenvalue weighted by Gasteiger charge is -2.09. The van der Waals surface area contributed by atoms with Crippen LogP contribution in [0.1, 0.15) is 16.8 Å². The van der Waals surface area contributed by atoms with Crippen LogP contribution in [-0.2, 0) is 4.79 Å². The van der Waals surface area contributed by atoms with E-state index < -0.39 is 11.8 Å². The molecule has 0 bridgehead atoms. The molecule has 0 aliphatic heterocycles. The molecule has 0 saturated heterocycles. The number of nitrogens with zero attached hydrogens (tertiary/aromatic N) is 1. The Kier molecular flexibility index (Phi) is 4.06. The third-order valence-corrected chi connectivity index (χ3v) is 2.00. The monoisotopic (exact) mass is 233 g/mol. The molecule has 17 heavy (non-hydrogen) atoms. The van der Waals surface area contributed by atoms with Crippen LogP contribution >= 0.6 is 0 Å². The second-order valence-corrected chi connectivity index (χ2v) is 3.16. The van der Waals surface area contributed by atoms with E-state index in [-0.39, 0.29) is 12.0 Å². The Hall–Kier alpha value is -2.55. The average molecular weight is 233 g/mol. The summed E-state index contributed by atoms with van der Waals surface area (Å²) in [6.45, 7) is 0. The van der Waals surface area contributed by atoms with Gasteiger partial charge in [0, 0.05) is 5.56 Å². The summed E-state index contributed by atoms with van der Waals surface area (Å²) in [4.78, 5) is 22.2. The first-order valence-corrected chi connectivity index (χ1v) is 4.73. The number of nitrogens with one attached hydrogen (secondary N) is 1. The van der Waals surface area contributed by atoms with Crippen molar-refractivity contribution < 1.29 is 14.3 Å². The lowest BCUT2D eigenvalue weighted by molar-refractivity contribution is -0.115. The molecule has 0 aliphatic rings. The smallest absolute Gasteiger partial charge is 0.248 e.